The molecule has 2 heterocycles. The zero-order valence-corrected chi connectivity index (χ0v) is 16.4. The Bertz CT molecular complexity index is 928. The lowest BCUT2D eigenvalue weighted by molar-refractivity contribution is -0.271. The molecule has 1 fully saturated rings. The molecule has 0 radical (unpaired) electrons. The molecule has 11 heteroatoms. The summed E-state index contributed by atoms with van der Waals surface area (Å²) in [5.41, 5.74) is 1.60. The summed E-state index contributed by atoms with van der Waals surface area (Å²) in [6, 6.07) is 3.28. The molecule has 6 N–H and O–H groups in total. The number of carboxylic acids is 1. The van der Waals surface area contributed by atoms with Gasteiger partial charge in [0.1, 0.15) is 18.3 Å². The maximum Gasteiger partial charge on any atom is 0.335 e. The van der Waals surface area contributed by atoms with Gasteiger partial charge in [0.2, 0.25) is 12.2 Å². The van der Waals surface area contributed by atoms with Gasteiger partial charge in [0, 0.05) is 36.6 Å². The van der Waals surface area contributed by atoms with Crippen molar-refractivity contribution in [1.82, 2.24) is 10.3 Å². The van der Waals surface area contributed by atoms with Gasteiger partial charge in [0.15, 0.2) is 17.6 Å². The van der Waals surface area contributed by atoms with Crippen molar-refractivity contribution in [2.24, 2.45) is 0 Å². The van der Waals surface area contributed by atoms with Crippen molar-refractivity contribution in [2.45, 2.75) is 44.1 Å². The number of aliphatic hydroxyl groups excluding tert-OH is 3. The molecule has 30 heavy (non-hydrogen) atoms. The molecule has 1 aliphatic rings. The van der Waals surface area contributed by atoms with Crippen LogP contribution in [0.4, 0.5) is 0 Å². The van der Waals surface area contributed by atoms with E-state index in [0.29, 0.717) is 18.5 Å². The second-order valence-corrected chi connectivity index (χ2v) is 6.95. The molecule has 11 nitrogen and oxygen atoms in total. The predicted molar refractivity (Wildman–Crippen MR) is 102 cm³/mol. The molecule has 1 amide bonds. The van der Waals surface area contributed by atoms with Crippen molar-refractivity contribution in [1.29, 1.82) is 0 Å². The highest BCUT2D eigenvalue weighted by atomic mass is 16.7. The summed E-state index contributed by atoms with van der Waals surface area (Å²) in [4.78, 5) is 25.4. The molecule has 0 spiro atoms. The second-order valence-electron chi connectivity index (χ2n) is 6.95. The van der Waals surface area contributed by atoms with Crippen molar-refractivity contribution in [2.75, 3.05) is 13.7 Å². The van der Waals surface area contributed by atoms with Gasteiger partial charge >= 0.3 is 5.97 Å². The van der Waals surface area contributed by atoms with E-state index >= 15 is 0 Å². The first-order chi connectivity index (χ1) is 14.2. The maximum atomic E-state index is 11.3. The smallest absolute Gasteiger partial charge is 0.335 e. The van der Waals surface area contributed by atoms with E-state index in [1.165, 1.54) is 14.0 Å². The lowest BCUT2D eigenvalue weighted by atomic mass is 9.99. The molecule has 0 bridgehead atoms. The number of carbonyl (C=O) groups excluding carboxylic acids is 1. The average molecular weight is 424 g/mol. The van der Waals surface area contributed by atoms with Crippen LogP contribution >= 0.6 is 0 Å². The summed E-state index contributed by atoms with van der Waals surface area (Å²) in [7, 11) is 1.41. The molecule has 3 rings (SSSR count). The molecular weight excluding hydrogens is 400 g/mol. The quantitative estimate of drug-likeness (QED) is 0.330. The van der Waals surface area contributed by atoms with E-state index in [4.69, 9.17) is 19.3 Å². The monoisotopic (exact) mass is 424 g/mol. The molecule has 5 atom stereocenters. The molecule has 5 unspecified atom stereocenters. The number of hydrogen-bond acceptors (Lipinski definition) is 8. The van der Waals surface area contributed by atoms with E-state index in [-0.39, 0.29) is 17.4 Å². The minimum Gasteiger partial charge on any atom is -0.493 e. The second kappa shape index (κ2) is 8.88. The normalized spacial score (nSPS) is 26.4. The number of fused-ring (bicyclic) bond motifs is 1. The Labute approximate surface area is 171 Å². The van der Waals surface area contributed by atoms with E-state index < -0.39 is 36.7 Å². The number of ether oxygens (including phenoxy) is 3. The number of aromatic amines is 1. The van der Waals surface area contributed by atoms with Gasteiger partial charge in [0.25, 0.3) is 0 Å². The van der Waals surface area contributed by atoms with Crippen LogP contribution in [0.5, 0.6) is 11.5 Å². The van der Waals surface area contributed by atoms with Gasteiger partial charge in [-0.25, -0.2) is 4.79 Å². The van der Waals surface area contributed by atoms with Gasteiger partial charge < -0.3 is 44.9 Å². The molecule has 1 aromatic heterocycles. The molecule has 1 aromatic carbocycles. The minimum absolute atomic E-state index is 0.124. The number of methoxy groups -OCH3 is 1. The highest BCUT2D eigenvalue weighted by molar-refractivity contribution is 5.87. The number of aromatic nitrogens is 1. The summed E-state index contributed by atoms with van der Waals surface area (Å²) >= 11 is 0. The van der Waals surface area contributed by atoms with Crippen LogP contribution in [0.2, 0.25) is 0 Å². The van der Waals surface area contributed by atoms with Crippen molar-refractivity contribution in [3.8, 4) is 11.5 Å². The third-order valence-electron chi connectivity index (χ3n) is 4.88. The molecule has 1 saturated heterocycles. The maximum absolute atomic E-state index is 11.3. The van der Waals surface area contributed by atoms with Crippen molar-refractivity contribution >= 4 is 22.8 Å². The van der Waals surface area contributed by atoms with Crippen LogP contribution in [-0.4, -0.2) is 81.6 Å². The lowest BCUT2D eigenvalue weighted by Gasteiger charge is -2.38. The summed E-state index contributed by atoms with van der Waals surface area (Å²) in [6.45, 7) is 1.90. The summed E-state index contributed by atoms with van der Waals surface area (Å²) in [6.07, 6.45) is -6.23. The Morgan fingerprint density at radius 1 is 1.17 bits per heavy atom. The Balaban J connectivity index is 1.85. The molecule has 2 aromatic rings. The van der Waals surface area contributed by atoms with Crippen molar-refractivity contribution in [3.05, 3.63) is 23.9 Å². The summed E-state index contributed by atoms with van der Waals surface area (Å²) in [5.74, 6) is -1.21. The number of aliphatic carboxylic acids is 1. The number of amides is 1. The molecule has 0 aliphatic carbocycles. The fourth-order valence-electron chi connectivity index (χ4n) is 3.29. The largest absolute Gasteiger partial charge is 0.493 e. The molecule has 1 aliphatic heterocycles. The topological polar surface area (TPSA) is 171 Å². The average Bonchev–Trinajstić information content (AvgIpc) is 3.08. The Kier molecular flexibility index (Phi) is 6.46. The van der Waals surface area contributed by atoms with Crippen LogP contribution in [0.3, 0.4) is 0 Å². The molecule has 0 saturated carbocycles. The van der Waals surface area contributed by atoms with Gasteiger partial charge in [-0.3, -0.25) is 4.79 Å². The number of rotatable bonds is 7. The van der Waals surface area contributed by atoms with Crippen LogP contribution in [0.15, 0.2) is 18.3 Å². The first-order valence-corrected chi connectivity index (χ1v) is 9.24. The highest BCUT2D eigenvalue weighted by Gasteiger charge is 2.48. The van der Waals surface area contributed by atoms with Crippen LogP contribution in [0.25, 0.3) is 10.9 Å². The minimum atomic E-state index is -1.81. The lowest BCUT2D eigenvalue weighted by Crippen LogP contribution is -2.61. The SMILES string of the molecule is COc1cc2c(CCNC(C)=O)c[nH]c2cc1OC1OC(C(=O)O)C(O)C(O)C1O. The van der Waals surface area contributed by atoms with Gasteiger partial charge in [-0.2, -0.15) is 0 Å². The predicted octanol–water partition coefficient (Wildman–Crippen LogP) is -0.874. The van der Waals surface area contributed by atoms with Crippen LogP contribution in [-0.2, 0) is 20.7 Å². The Morgan fingerprint density at radius 3 is 2.53 bits per heavy atom. The highest BCUT2D eigenvalue weighted by Crippen LogP contribution is 2.36. The fraction of sp³-hybridized carbons (Fsp3) is 0.474. The van der Waals surface area contributed by atoms with Crippen LogP contribution in [0, 0.1) is 0 Å². The molecule has 164 valence electrons. The van der Waals surface area contributed by atoms with Crippen molar-refractivity contribution in [3.63, 3.8) is 0 Å². The zero-order valence-electron chi connectivity index (χ0n) is 16.4. The van der Waals surface area contributed by atoms with Crippen molar-refractivity contribution < 1.29 is 44.2 Å². The number of aliphatic hydroxyl groups is 3. The third-order valence-corrected chi connectivity index (χ3v) is 4.88. The third kappa shape index (κ3) is 4.33. The van der Waals surface area contributed by atoms with Gasteiger partial charge in [-0.1, -0.05) is 0 Å². The van der Waals surface area contributed by atoms with E-state index in [0.717, 1.165) is 10.9 Å². The zero-order chi connectivity index (χ0) is 22.0. The standard InChI is InChI=1S/C19H24N2O9/c1-8(22)20-4-3-9-7-21-11-6-13(12(28-2)5-10(9)11)29-19-16(25)14(23)15(24)17(30-19)18(26)27/h5-7,14-17,19,21,23-25H,3-4H2,1-2H3,(H,20,22)(H,26,27). The van der Waals surface area contributed by atoms with Gasteiger partial charge in [-0.15, -0.1) is 0 Å². The van der Waals surface area contributed by atoms with Crippen LogP contribution < -0.4 is 14.8 Å². The number of H-pyrrole nitrogens is 1. The number of carboxylic acid groups (broad SMARTS) is 1. The van der Waals surface area contributed by atoms with E-state index in [1.54, 1.807) is 18.3 Å². The van der Waals surface area contributed by atoms with E-state index in [2.05, 4.69) is 10.3 Å². The van der Waals surface area contributed by atoms with Crippen LogP contribution in [0.1, 0.15) is 12.5 Å². The summed E-state index contributed by atoms with van der Waals surface area (Å²) in [5, 5.41) is 42.6. The Morgan fingerprint density at radius 2 is 1.90 bits per heavy atom. The van der Waals surface area contributed by atoms with E-state index in [9.17, 15) is 24.9 Å². The summed E-state index contributed by atoms with van der Waals surface area (Å²) < 4.78 is 16.1. The van der Waals surface area contributed by atoms with E-state index in [1.807, 2.05) is 0 Å². The first kappa shape index (κ1) is 21.8. The molecular formula is C19H24N2O9. The number of hydrogen-bond donors (Lipinski definition) is 6. The van der Waals surface area contributed by atoms with Gasteiger partial charge in [0.05, 0.1) is 7.11 Å². The Hall–Kier alpha value is -2.86. The number of carbonyl (C=O) groups is 2. The first-order valence-electron chi connectivity index (χ1n) is 9.24. The number of nitrogens with one attached hydrogen (secondary N) is 2. The number of benzene rings is 1. The fourth-order valence-corrected chi connectivity index (χ4v) is 3.29. The van der Waals surface area contributed by atoms with Gasteiger partial charge in [-0.05, 0) is 18.1 Å².